The second-order valence-electron chi connectivity index (χ2n) is 8.41. The minimum absolute atomic E-state index is 0.170. The van der Waals surface area contributed by atoms with Crippen molar-refractivity contribution in [2.75, 3.05) is 26.0 Å². The lowest BCUT2D eigenvalue weighted by Crippen LogP contribution is -2.32. The van der Waals surface area contributed by atoms with Crippen LogP contribution in [0.2, 0.25) is 0 Å². The fourth-order valence-electron chi connectivity index (χ4n) is 4.30. The van der Waals surface area contributed by atoms with E-state index < -0.39 is 0 Å². The molecule has 3 fully saturated rings. The highest BCUT2D eigenvalue weighted by molar-refractivity contribution is 7.98. The molecular weight excluding hydrogens is 396 g/mol. The molecule has 0 bridgehead atoms. The molecule has 0 radical (unpaired) electrons. The minimum Gasteiger partial charge on any atom is -0.492 e. The van der Waals surface area contributed by atoms with Crippen molar-refractivity contribution in [3.63, 3.8) is 0 Å². The monoisotopic (exact) mass is 422 g/mol. The van der Waals surface area contributed by atoms with Gasteiger partial charge < -0.3 is 15.4 Å². The second kappa shape index (κ2) is 7.95. The Bertz CT molecular complexity index is 944. The number of pyridine rings is 1. The number of fused-ring (bicyclic) bond motifs is 1. The molecule has 156 valence electrons. The van der Waals surface area contributed by atoms with Crippen LogP contribution < -0.4 is 10.5 Å². The van der Waals surface area contributed by atoms with Gasteiger partial charge in [0.15, 0.2) is 0 Å². The van der Waals surface area contributed by atoms with Crippen LogP contribution in [0, 0.1) is 23.7 Å². The largest absolute Gasteiger partial charge is 0.492 e. The van der Waals surface area contributed by atoms with Crippen molar-refractivity contribution >= 4 is 23.6 Å². The van der Waals surface area contributed by atoms with Gasteiger partial charge in [0, 0.05) is 35.4 Å². The first-order valence-electron chi connectivity index (χ1n) is 10.5. The maximum Gasteiger partial charge on any atom is 0.345 e. The van der Waals surface area contributed by atoms with Crippen LogP contribution in [0.15, 0.2) is 52.5 Å². The van der Waals surface area contributed by atoms with E-state index in [1.807, 2.05) is 17.0 Å². The number of nitrogens with two attached hydrogens (primary N) is 1. The zero-order valence-corrected chi connectivity index (χ0v) is 17.8. The number of hydrogen-bond acceptors (Lipinski definition) is 4. The molecular formula is C23H26N4O2S. The van der Waals surface area contributed by atoms with Crippen molar-refractivity contribution in [2.45, 2.75) is 17.7 Å². The van der Waals surface area contributed by atoms with Crippen molar-refractivity contribution in [2.24, 2.45) is 34.4 Å². The molecule has 5 rings (SSSR count). The molecule has 2 amide bonds. The van der Waals surface area contributed by atoms with Gasteiger partial charge in [0.05, 0.1) is 18.5 Å². The number of thioether (sulfide) groups is 1. The van der Waals surface area contributed by atoms with Crippen LogP contribution in [0.5, 0.6) is 5.75 Å². The van der Waals surface area contributed by atoms with Crippen LogP contribution in [-0.4, -0.2) is 47.7 Å². The van der Waals surface area contributed by atoms with Gasteiger partial charge in [0.1, 0.15) is 11.6 Å². The number of aromatic nitrogens is 1. The first-order valence-corrected chi connectivity index (χ1v) is 11.7. The van der Waals surface area contributed by atoms with Crippen LogP contribution in [0.1, 0.15) is 12.8 Å². The first-order chi connectivity index (χ1) is 14.6. The summed E-state index contributed by atoms with van der Waals surface area (Å²) in [6.45, 7) is 2.21. The van der Waals surface area contributed by atoms with E-state index in [1.54, 1.807) is 18.0 Å². The van der Waals surface area contributed by atoms with Gasteiger partial charge in [0.25, 0.3) is 0 Å². The molecule has 3 aliphatic rings. The number of likely N-dealkylation sites (tertiary alicyclic amines) is 1. The van der Waals surface area contributed by atoms with E-state index in [0.717, 1.165) is 42.9 Å². The summed E-state index contributed by atoms with van der Waals surface area (Å²) in [4.78, 5) is 23.9. The van der Waals surface area contributed by atoms with Gasteiger partial charge in [-0.1, -0.05) is 12.1 Å². The quantitative estimate of drug-likeness (QED) is 0.434. The van der Waals surface area contributed by atoms with Crippen molar-refractivity contribution in [3.8, 4) is 17.0 Å². The van der Waals surface area contributed by atoms with Crippen LogP contribution in [0.3, 0.4) is 0 Å². The van der Waals surface area contributed by atoms with Gasteiger partial charge >= 0.3 is 6.03 Å². The number of urea groups is 1. The fraction of sp³-hybridized carbons (Fsp3) is 0.435. The number of amidine groups is 1. The summed E-state index contributed by atoms with van der Waals surface area (Å²) in [7, 11) is 0. The molecule has 0 spiro atoms. The number of carbonyl (C=O) groups is 1. The summed E-state index contributed by atoms with van der Waals surface area (Å²) in [6.07, 6.45) is 5.99. The van der Waals surface area contributed by atoms with Crippen molar-refractivity contribution < 1.29 is 9.53 Å². The summed E-state index contributed by atoms with van der Waals surface area (Å²) < 4.78 is 5.98. The molecule has 1 aliphatic heterocycles. The first kappa shape index (κ1) is 19.4. The molecule has 7 heteroatoms. The number of aliphatic imine (C=N–C) groups is 1. The SMILES string of the molecule is CSc1ccc(-c2ccc(OCC3C4CN(C(=O)/N=C(\N)C5CC5)CC34)cn2)cc1. The topological polar surface area (TPSA) is 80.8 Å². The van der Waals surface area contributed by atoms with Crippen LogP contribution in [0.25, 0.3) is 11.3 Å². The van der Waals surface area contributed by atoms with Crippen molar-refractivity contribution in [3.05, 3.63) is 42.6 Å². The van der Waals surface area contributed by atoms with Gasteiger partial charge in [0.2, 0.25) is 0 Å². The maximum atomic E-state index is 12.2. The average Bonchev–Trinajstić information content (AvgIpc) is 3.69. The number of hydrogen-bond donors (Lipinski definition) is 1. The highest BCUT2D eigenvalue weighted by Crippen LogP contribution is 2.51. The number of carbonyl (C=O) groups excluding carboxylic acids is 1. The minimum atomic E-state index is -0.170. The second-order valence-corrected chi connectivity index (χ2v) is 9.29. The number of benzene rings is 1. The molecule has 2 unspecified atom stereocenters. The van der Waals surface area contributed by atoms with Crippen LogP contribution in [0.4, 0.5) is 4.79 Å². The fourth-order valence-corrected chi connectivity index (χ4v) is 4.70. The van der Waals surface area contributed by atoms with Gasteiger partial charge in [-0.15, -0.1) is 11.8 Å². The normalized spacial score (nSPS) is 25.2. The predicted molar refractivity (Wildman–Crippen MR) is 119 cm³/mol. The summed E-state index contributed by atoms with van der Waals surface area (Å²) in [5, 5.41) is 0. The van der Waals surface area contributed by atoms with E-state index in [9.17, 15) is 4.79 Å². The van der Waals surface area contributed by atoms with Gasteiger partial charge in [-0.2, -0.15) is 4.99 Å². The van der Waals surface area contributed by atoms with Crippen molar-refractivity contribution in [1.29, 1.82) is 0 Å². The number of ether oxygens (including phenoxy) is 1. The Kier molecular flexibility index (Phi) is 5.15. The lowest BCUT2D eigenvalue weighted by Gasteiger charge is -2.17. The van der Waals surface area contributed by atoms with E-state index >= 15 is 0 Å². The number of rotatable bonds is 6. The zero-order chi connectivity index (χ0) is 20.7. The third kappa shape index (κ3) is 4.03. The summed E-state index contributed by atoms with van der Waals surface area (Å²) in [5.74, 6) is 3.19. The lowest BCUT2D eigenvalue weighted by molar-refractivity contribution is 0.203. The molecule has 30 heavy (non-hydrogen) atoms. The van der Waals surface area contributed by atoms with Crippen LogP contribution >= 0.6 is 11.8 Å². The van der Waals surface area contributed by atoms with E-state index in [0.29, 0.717) is 36.1 Å². The molecule has 2 N–H and O–H groups in total. The molecule has 1 saturated heterocycles. The van der Waals surface area contributed by atoms with Crippen molar-refractivity contribution in [1.82, 2.24) is 9.88 Å². The Balaban J connectivity index is 1.10. The predicted octanol–water partition coefficient (Wildman–Crippen LogP) is 3.91. The van der Waals surface area contributed by atoms with Gasteiger partial charge in [-0.25, -0.2) is 4.79 Å². The molecule has 2 atom stereocenters. The molecule has 1 aromatic carbocycles. The third-order valence-corrected chi connectivity index (χ3v) is 7.17. The Labute approximate surface area is 180 Å². The Morgan fingerprint density at radius 1 is 1.20 bits per heavy atom. The van der Waals surface area contributed by atoms with Gasteiger partial charge in [-0.3, -0.25) is 4.98 Å². The summed E-state index contributed by atoms with van der Waals surface area (Å²) in [5.41, 5.74) is 7.91. The standard InChI is InChI=1S/C23H26N4O2S/c1-30-17-7-4-14(5-8-17)21-9-6-16(10-25-21)29-13-20-18-11-27(12-19(18)20)23(28)26-22(24)15-2-3-15/h4-10,15,18-20H,2-3,11-13H2,1H3,(H2,24,26,28). The molecule has 6 nitrogen and oxygen atoms in total. The lowest BCUT2D eigenvalue weighted by atomic mass is 10.1. The Hall–Kier alpha value is -2.54. The summed E-state index contributed by atoms with van der Waals surface area (Å²) >= 11 is 1.73. The number of piperidine rings is 1. The summed E-state index contributed by atoms with van der Waals surface area (Å²) in [6, 6.07) is 12.2. The molecule has 2 aromatic rings. The van der Waals surface area contributed by atoms with E-state index in [2.05, 4.69) is 40.5 Å². The van der Waals surface area contributed by atoms with Crippen LogP contribution in [-0.2, 0) is 0 Å². The molecule has 2 heterocycles. The maximum absolute atomic E-state index is 12.2. The molecule has 2 aliphatic carbocycles. The van der Waals surface area contributed by atoms with E-state index in [4.69, 9.17) is 10.5 Å². The number of amides is 2. The molecule has 1 aromatic heterocycles. The zero-order valence-electron chi connectivity index (χ0n) is 17.0. The highest BCUT2D eigenvalue weighted by Gasteiger charge is 2.57. The van der Waals surface area contributed by atoms with E-state index in [-0.39, 0.29) is 6.03 Å². The number of nitrogens with zero attached hydrogens (tertiary/aromatic N) is 3. The Morgan fingerprint density at radius 2 is 1.93 bits per heavy atom. The van der Waals surface area contributed by atoms with E-state index in [1.165, 1.54) is 4.90 Å². The molecule has 2 saturated carbocycles. The highest BCUT2D eigenvalue weighted by atomic mass is 32.2. The third-order valence-electron chi connectivity index (χ3n) is 6.43. The van der Waals surface area contributed by atoms with Gasteiger partial charge in [-0.05, 0) is 55.2 Å². The smallest absolute Gasteiger partial charge is 0.345 e. The Morgan fingerprint density at radius 3 is 2.53 bits per heavy atom. The average molecular weight is 423 g/mol.